The van der Waals surface area contributed by atoms with Crippen LogP contribution in [0.5, 0.6) is 5.75 Å². The van der Waals surface area contributed by atoms with E-state index in [4.69, 9.17) is 16.3 Å². The van der Waals surface area contributed by atoms with E-state index in [1.165, 1.54) is 0 Å². The predicted molar refractivity (Wildman–Crippen MR) is 78.1 cm³/mol. The van der Waals surface area contributed by atoms with Crippen LogP contribution >= 0.6 is 11.6 Å². The number of alkyl halides is 1. The van der Waals surface area contributed by atoms with Crippen LogP contribution in [-0.4, -0.2) is 37.9 Å². The number of hydrogen-bond donors (Lipinski definition) is 2. The lowest BCUT2D eigenvalue weighted by Gasteiger charge is -2.07. The monoisotopic (exact) mass is 298 g/mol. The first kappa shape index (κ1) is 16.3. The molecule has 1 aromatic carbocycles. The summed E-state index contributed by atoms with van der Waals surface area (Å²) in [7, 11) is 1.60. The number of amides is 2. The second kappa shape index (κ2) is 9.20. The zero-order chi connectivity index (χ0) is 14.8. The van der Waals surface area contributed by atoms with Gasteiger partial charge in [0.25, 0.3) is 0 Å². The third-order valence-corrected chi connectivity index (χ3v) is 2.80. The Morgan fingerprint density at radius 3 is 2.25 bits per heavy atom. The third-order valence-electron chi connectivity index (χ3n) is 2.61. The van der Waals surface area contributed by atoms with Crippen molar-refractivity contribution in [2.24, 2.45) is 0 Å². The summed E-state index contributed by atoms with van der Waals surface area (Å²) >= 11 is 5.43. The number of rotatable bonds is 8. The van der Waals surface area contributed by atoms with E-state index in [1.807, 2.05) is 24.3 Å². The number of methoxy groups -OCH3 is 1. The van der Waals surface area contributed by atoms with Crippen LogP contribution in [0.2, 0.25) is 0 Å². The van der Waals surface area contributed by atoms with Crippen molar-refractivity contribution >= 4 is 23.4 Å². The van der Waals surface area contributed by atoms with E-state index in [2.05, 4.69) is 10.6 Å². The van der Waals surface area contributed by atoms with Crippen molar-refractivity contribution in [2.75, 3.05) is 26.1 Å². The fourth-order valence-electron chi connectivity index (χ4n) is 1.57. The van der Waals surface area contributed by atoms with Gasteiger partial charge in [-0.25, -0.2) is 0 Å². The van der Waals surface area contributed by atoms with Gasteiger partial charge in [-0.1, -0.05) is 12.1 Å². The standard InChI is InChI=1S/C14H19ClN2O3/c1-20-12-4-2-11(3-5-12)10-14(19)17-9-8-16-13(18)6-7-15/h2-5H,6-10H2,1H3,(H,16,18)(H,17,19). The Labute approximate surface area is 123 Å². The summed E-state index contributed by atoms with van der Waals surface area (Å²) in [5, 5.41) is 5.40. The van der Waals surface area contributed by atoms with Crippen molar-refractivity contribution in [3.8, 4) is 5.75 Å². The molecule has 0 bridgehead atoms. The summed E-state index contributed by atoms with van der Waals surface area (Å²) in [5.74, 6) is 0.873. The number of carbonyl (C=O) groups excluding carboxylic acids is 2. The fraction of sp³-hybridized carbons (Fsp3) is 0.429. The molecular formula is C14H19ClN2O3. The van der Waals surface area contributed by atoms with E-state index in [-0.39, 0.29) is 11.8 Å². The number of hydrogen-bond acceptors (Lipinski definition) is 3. The second-order valence-corrected chi connectivity index (χ2v) is 4.54. The van der Waals surface area contributed by atoms with Crippen LogP contribution in [-0.2, 0) is 16.0 Å². The Kier molecular flexibility index (Phi) is 7.50. The lowest BCUT2D eigenvalue weighted by atomic mass is 10.1. The molecule has 0 heterocycles. The summed E-state index contributed by atoms with van der Waals surface area (Å²) in [6, 6.07) is 7.32. The van der Waals surface area contributed by atoms with Gasteiger partial charge in [0.1, 0.15) is 5.75 Å². The van der Waals surface area contributed by atoms with E-state index >= 15 is 0 Å². The largest absolute Gasteiger partial charge is 0.497 e. The Morgan fingerprint density at radius 2 is 1.70 bits per heavy atom. The molecule has 2 N–H and O–H groups in total. The molecule has 1 aromatic rings. The highest BCUT2D eigenvalue weighted by atomic mass is 35.5. The molecule has 0 atom stereocenters. The average Bonchev–Trinajstić information content (AvgIpc) is 2.45. The molecule has 0 aliphatic heterocycles. The Hall–Kier alpha value is -1.75. The molecule has 0 fully saturated rings. The zero-order valence-corrected chi connectivity index (χ0v) is 12.2. The molecule has 0 aliphatic rings. The van der Waals surface area contributed by atoms with Gasteiger partial charge in [-0.15, -0.1) is 11.6 Å². The lowest BCUT2D eigenvalue weighted by molar-refractivity contribution is -0.122. The highest BCUT2D eigenvalue weighted by Gasteiger charge is 2.04. The van der Waals surface area contributed by atoms with Crippen molar-refractivity contribution in [1.82, 2.24) is 10.6 Å². The maximum atomic E-state index is 11.7. The van der Waals surface area contributed by atoms with Gasteiger partial charge in [0.15, 0.2) is 0 Å². The van der Waals surface area contributed by atoms with E-state index in [9.17, 15) is 9.59 Å². The van der Waals surface area contributed by atoms with Gasteiger partial charge in [0.2, 0.25) is 11.8 Å². The van der Waals surface area contributed by atoms with Crippen LogP contribution in [0.4, 0.5) is 0 Å². The molecule has 2 amide bonds. The first-order chi connectivity index (χ1) is 9.65. The molecule has 0 unspecified atom stereocenters. The number of benzene rings is 1. The number of nitrogens with one attached hydrogen (secondary N) is 2. The van der Waals surface area contributed by atoms with E-state index in [1.54, 1.807) is 7.11 Å². The average molecular weight is 299 g/mol. The van der Waals surface area contributed by atoms with Gasteiger partial charge in [-0.05, 0) is 17.7 Å². The number of halogens is 1. The molecule has 110 valence electrons. The second-order valence-electron chi connectivity index (χ2n) is 4.16. The number of carbonyl (C=O) groups is 2. The Bertz CT molecular complexity index is 435. The minimum Gasteiger partial charge on any atom is -0.497 e. The maximum absolute atomic E-state index is 11.7. The Morgan fingerprint density at radius 1 is 1.10 bits per heavy atom. The van der Waals surface area contributed by atoms with Crippen LogP contribution in [0.3, 0.4) is 0 Å². The van der Waals surface area contributed by atoms with Gasteiger partial charge in [-0.2, -0.15) is 0 Å². The van der Waals surface area contributed by atoms with Crippen molar-refractivity contribution in [2.45, 2.75) is 12.8 Å². The topological polar surface area (TPSA) is 67.4 Å². The molecule has 0 aliphatic carbocycles. The van der Waals surface area contributed by atoms with Crippen LogP contribution in [0.1, 0.15) is 12.0 Å². The highest BCUT2D eigenvalue weighted by molar-refractivity contribution is 6.18. The molecule has 1 rings (SSSR count). The van der Waals surface area contributed by atoms with Gasteiger partial charge in [-0.3, -0.25) is 9.59 Å². The SMILES string of the molecule is COc1ccc(CC(=O)NCCNC(=O)CCCl)cc1. The van der Waals surface area contributed by atoms with Gasteiger partial charge < -0.3 is 15.4 Å². The van der Waals surface area contributed by atoms with E-state index in [0.29, 0.717) is 31.8 Å². The van der Waals surface area contributed by atoms with E-state index < -0.39 is 0 Å². The maximum Gasteiger partial charge on any atom is 0.224 e. The molecule has 0 aromatic heterocycles. The summed E-state index contributed by atoms with van der Waals surface area (Å²) in [4.78, 5) is 22.8. The molecule has 5 nitrogen and oxygen atoms in total. The van der Waals surface area contributed by atoms with Gasteiger partial charge in [0.05, 0.1) is 13.5 Å². The molecular weight excluding hydrogens is 280 g/mol. The zero-order valence-electron chi connectivity index (χ0n) is 11.4. The molecule has 0 spiro atoms. The van der Waals surface area contributed by atoms with Crippen LogP contribution < -0.4 is 15.4 Å². The minimum atomic E-state index is -0.107. The molecule has 0 saturated carbocycles. The van der Waals surface area contributed by atoms with Crippen molar-refractivity contribution in [3.63, 3.8) is 0 Å². The smallest absolute Gasteiger partial charge is 0.224 e. The highest BCUT2D eigenvalue weighted by Crippen LogP contribution is 2.11. The summed E-state index contributed by atoms with van der Waals surface area (Å²) in [6.45, 7) is 0.813. The third kappa shape index (κ3) is 6.43. The predicted octanol–water partition coefficient (Wildman–Crippen LogP) is 1.10. The van der Waals surface area contributed by atoms with Gasteiger partial charge >= 0.3 is 0 Å². The van der Waals surface area contributed by atoms with Gasteiger partial charge in [0, 0.05) is 25.4 Å². The minimum absolute atomic E-state index is 0.0817. The molecule has 0 saturated heterocycles. The van der Waals surface area contributed by atoms with Crippen LogP contribution in [0.15, 0.2) is 24.3 Å². The normalized spacial score (nSPS) is 9.90. The Balaban J connectivity index is 2.21. The van der Waals surface area contributed by atoms with Crippen molar-refractivity contribution < 1.29 is 14.3 Å². The number of ether oxygens (including phenoxy) is 1. The van der Waals surface area contributed by atoms with Crippen LogP contribution in [0.25, 0.3) is 0 Å². The van der Waals surface area contributed by atoms with Crippen molar-refractivity contribution in [3.05, 3.63) is 29.8 Å². The van der Waals surface area contributed by atoms with Crippen molar-refractivity contribution in [1.29, 1.82) is 0 Å². The summed E-state index contributed by atoms with van der Waals surface area (Å²) in [6.07, 6.45) is 0.598. The lowest BCUT2D eigenvalue weighted by Crippen LogP contribution is -2.35. The first-order valence-corrected chi connectivity index (χ1v) is 6.91. The summed E-state index contributed by atoms with van der Waals surface area (Å²) < 4.78 is 5.05. The fourth-order valence-corrected chi connectivity index (χ4v) is 1.74. The molecule has 0 radical (unpaired) electrons. The molecule has 20 heavy (non-hydrogen) atoms. The van der Waals surface area contributed by atoms with E-state index in [0.717, 1.165) is 11.3 Å². The first-order valence-electron chi connectivity index (χ1n) is 6.38. The van der Waals surface area contributed by atoms with Crippen LogP contribution in [0, 0.1) is 0 Å². The summed E-state index contributed by atoms with van der Waals surface area (Å²) in [5.41, 5.74) is 0.912. The molecule has 6 heteroatoms. The quantitative estimate of drug-likeness (QED) is 0.558.